The molecule has 0 saturated carbocycles. The smallest absolute Gasteiger partial charge is 0.264 e. The number of amides is 1. The highest BCUT2D eigenvalue weighted by atomic mass is 32.1. The van der Waals surface area contributed by atoms with Crippen LogP contribution in [0.2, 0.25) is 0 Å². The second-order valence-electron chi connectivity index (χ2n) is 6.39. The molecule has 0 bridgehead atoms. The van der Waals surface area contributed by atoms with Crippen molar-refractivity contribution in [3.8, 4) is 5.75 Å². The predicted molar refractivity (Wildman–Crippen MR) is 96.3 cm³/mol. The third-order valence-corrected chi connectivity index (χ3v) is 4.93. The van der Waals surface area contributed by atoms with Crippen LogP contribution >= 0.6 is 11.3 Å². The molecule has 1 N–H and O–H groups in total. The first-order chi connectivity index (χ1) is 12.1. The standard InChI is InChI=1S/C18H22FN3O2S/c1-13-5-4-8-22(9-13)10-14-12-25-18(20-14)21-17(23)11-24-16-7-3-2-6-15(16)19/h2-3,6-7,12-13H,4-5,8-11H2,1H3,(H,20,21,23). The van der Waals surface area contributed by atoms with Gasteiger partial charge in [-0.05, 0) is 37.4 Å². The molecule has 25 heavy (non-hydrogen) atoms. The Bertz CT molecular complexity index is 722. The molecule has 0 aliphatic carbocycles. The minimum absolute atomic E-state index is 0.0664. The fraction of sp³-hybridized carbons (Fsp3) is 0.444. The highest BCUT2D eigenvalue weighted by Crippen LogP contribution is 2.21. The van der Waals surface area contributed by atoms with Crippen LogP contribution in [0.3, 0.4) is 0 Å². The molecule has 1 aliphatic rings. The van der Waals surface area contributed by atoms with Crippen molar-refractivity contribution in [2.75, 3.05) is 25.0 Å². The maximum Gasteiger partial charge on any atom is 0.264 e. The van der Waals surface area contributed by atoms with Crippen LogP contribution in [0.1, 0.15) is 25.5 Å². The van der Waals surface area contributed by atoms with Crippen LogP contribution in [0.25, 0.3) is 0 Å². The minimum atomic E-state index is -0.484. The molecule has 5 nitrogen and oxygen atoms in total. The van der Waals surface area contributed by atoms with Gasteiger partial charge in [-0.1, -0.05) is 19.1 Å². The molecular weight excluding hydrogens is 341 g/mol. The topological polar surface area (TPSA) is 54.5 Å². The largest absolute Gasteiger partial charge is 0.481 e. The number of benzene rings is 1. The first-order valence-corrected chi connectivity index (χ1v) is 9.32. The van der Waals surface area contributed by atoms with Crippen molar-refractivity contribution in [2.24, 2.45) is 5.92 Å². The molecule has 1 aromatic heterocycles. The molecule has 1 unspecified atom stereocenters. The average Bonchev–Trinajstić information content (AvgIpc) is 3.01. The highest BCUT2D eigenvalue weighted by molar-refractivity contribution is 7.13. The molecule has 1 aromatic carbocycles. The number of hydrogen-bond donors (Lipinski definition) is 1. The summed E-state index contributed by atoms with van der Waals surface area (Å²) in [5, 5.41) is 5.21. The van der Waals surface area contributed by atoms with E-state index in [9.17, 15) is 9.18 Å². The van der Waals surface area contributed by atoms with E-state index < -0.39 is 5.82 Å². The van der Waals surface area contributed by atoms with Crippen LogP contribution in [0.4, 0.5) is 9.52 Å². The van der Waals surface area contributed by atoms with Crippen molar-refractivity contribution in [1.29, 1.82) is 0 Å². The normalized spacial score (nSPS) is 18.1. The molecule has 1 saturated heterocycles. The SMILES string of the molecule is CC1CCCN(Cc2csc(NC(=O)COc3ccccc3F)n2)C1. The molecule has 134 valence electrons. The number of halogens is 1. The lowest BCUT2D eigenvalue weighted by molar-refractivity contribution is -0.118. The van der Waals surface area contributed by atoms with E-state index in [0.29, 0.717) is 5.13 Å². The number of nitrogens with zero attached hydrogens (tertiary/aromatic N) is 2. The molecule has 3 rings (SSSR count). The number of carbonyl (C=O) groups excluding carboxylic acids is 1. The quantitative estimate of drug-likeness (QED) is 0.853. The predicted octanol–water partition coefficient (Wildman–Crippen LogP) is 3.53. The fourth-order valence-electron chi connectivity index (χ4n) is 2.96. The lowest BCUT2D eigenvalue weighted by atomic mass is 10.0. The minimum Gasteiger partial charge on any atom is -0.481 e. The third kappa shape index (κ3) is 5.24. The van der Waals surface area contributed by atoms with Crippen molar-refractivity contribution >= 4 is 22.4 Å². The van der Waals surface area contributed by atoms with Crippen LogP contribution in [-0.2, 0) is 11.3 Å². The van der Waals surface area contributed by atoms with Crippen molar-refractivity contribution in [2.45, 2.75) is 26.3 Å². The molecule has 7 heteroatoms. The summed E-state index contributed by atoms with van der Waals surface area (Å²) in [6, 6.07) is 6.01. The van der Waals surface area contributed by atoms with Gasteiger partial charge in [-0.2, -0.15) is 0 Å². The van der Waals surface area contributed by atoms with E-state index in [1.807, 2.05) is 5.38 Å². The van der Waals surface area contributed by atoms with Gasteiger partial charge in [-0.25, -0.2) is 9.37 Å². The van der Waals surface area contributed by atoms with Crippen molar-refractivity contribution < 1.29 is 13.9 Å². The van der Waals surface area contributed by atoms with Crippen molar-refractivity contribution in [3.63, 3.8) is 0 Å². The number of thiazole rings is 1. The Morgan fingerprint density at radius 2 is 2.32 bits per heavy atom. The first kappa shape index (κ1) is 17.8. The van der Waals surface area contributed by atoms with E-state index in [1.54, 1.807) is 12.1 Å². The van der Waals surface area contributed by atoms with E-state index >= 15 is 0 Å². The number of aromatic nitrogens is 1. The Morgan fingerprint density at radius 3 is 3.12 bits per heavy atom. The van der Waals surface area contributed by atoms with Gasteiger partial charge in [0, 0.05) is 18.5 Å². The number of para-hydroxylation sites is 1. The van der Waals surface area contributed by atoms with Crippen LogP contribution in [0.15, 0.2) is 29.6 Å². The van der Waals surface area contributed by atoms with Crippen LogP contribution in [0, 0.1) is 11.7 Å². The van der Waals surface area contributed by atoms with E-state index in [1.165, 1.54) is 36.3 Å². The summed E-state index contributed by atoms with van der Waals surface area (Å²) in [6.07, 6.45) is 2.51. The molecule has 1 atom stereocenters. The molecular formula is C18H22FN3O2S. The number of anilines is 1. The summed E-state index contributed by atoms with van der Waals surface area (Å²) in [7, 11) is 0. The first-order valence-electron chi connectivity index (χ1n) is 8.44. The van der Waals surface area contributed by atoms with Gasteiger partial charge in [0.25, 0.3) is 5.91 Å². The van der Waals surface area contributed by atoms with Gasteiger partial charge < -0.3 is 4.74 Å². The Balaban J connectivity index is 1.47. The molecule has 0 spiro atoms. The molecule has 0 radical (unpaired) electrons. The Labute approximate surface area is 150 Å². The van der Waals surface area contributed by atoms with Gasteiger partial charge in [0.15, 0.2) is 23.3 Å². The molecule has 1 fully saturated rings. The summed E-state index contributed by atoms with van der Waals surface area (Å²) < 4.78 is 18.6. The summed E-state index contributed by atoms with van der Waals surface area (Å²) >= 11 is 1.39. The zero-order valence-electron chi connectivity index (χ0n) is 14.2. The molecule has 2 heterocycles. The van der Waals surface area contributed by atoms with Gasteiger partial charge in [-0.3, -0.25) is 15.0 Å². The zero-order chi connectivity index (χ0) is 17.6. The van der Waals surface area contributed by atoms with Gasteiger partial charge in [0.2, 0.25) is 0 Å². The number of nitrogens with one attached hydrogen (secondary N) is 1. The van der Waals surface area contributed by atoms with Crippen LogP contribution < -0.4 is 10.1 Å². The van der Waals surface area contributed by atoms with E-state index in [-0.39, 0.29) is 18.3 Å². The molecule has 2 aromatic rings. The van der Waals surface area contributed by atoms with Gasteiger partial charge in [0.1, 0.15) is 0 Å². The Hall–Kier alpha value is -1.99. The fourth-order valence-corrected chi connectivity index (χ4v) is 3.67. The summed E-state index contributed by atoms with van der Waals surface area (Å²) in [6.45, 7) is 5.02. The summed E-state index contributed by atoms with van der Waals surface area (Å²) in [5.41, 5.74) is 0.962. The highest BCUT2D eigenvalue weighted by Gasteiger charge is 2.17. The molecule has 1 amide bonds. The second kappa shape index (κ2) is 8.40. The van der Waals surface area contributed by atoms with Crippen LogP contribution in [0.5, 0.6) is 5.75 Å². The van der Waals surface area contributed by atoms with Gasteiger partial charge in [0.05, 0.1) is 5.69 Å². The number of likely N-dealkylation sites (tertiary alicyclic amines) is 1. The van der Waals surface area contributed by atoms with E-state index in [4.69, 9.17) is 4.74 Å². The third-order valence-electron chi connectivity index (χ3n) is 4.12. The van der Waals surface area contributed by atoms with Gasteiger partial charge >= 0.3 is 0 Å². The zero-order valence-corrected chi connectivity index (χ0v) is 15.0. The second-order valence-corrected chi connectivity index (χ2v) is 7.25. The number of ether oxygens (including phenoxy) is 1. The average molecular weight is 363 g/mol. The Morgan fingerprint density at radius 1 is 1.48 bits per heavy atom. The lowest BCUT2D eigenvalue weighted by Gasteiger charge is -2.30. The van der Waals surface area contributed by atoms with E-state index in [0.717, 1.165) is 31.2 Å². The van der Waals surface area contributed by atoms with Crippen LogP contribution in [-0.4, -0.2) is 35.5 Å². The monoisotopic (exact) mass is 363 g/mol. The lowest BCUT2D eigenvalue weighted by Crippen LogP contribution is -2.33. The number of hydrogen-bond acceptors (Lipinski definition) is 5. The summed E-state index contributed by atoms with van der Waals surface area (Å²) in [4.78, 5) is 18.8. The number of rotatable bonds is 6. The van der Waals surface area contributed by atoms with Crippen molar-refractivity contribution in [3.05, 3.63) is 41.2 Å². The number of piperidine rings is 1. The molecule has 1 aliphatic heterocycles. The Kier molecular flexibility index (Phi) is 5.99. The van der Waals surface area contributed by atoms with E-state index in [2.05, 4.69) is 22.1 Å². The maximum absolute atomic E-state index is 13.4. The van der Waals surface area contributed by atoms with Crippen molar-refractivity contribution in [1.82, 2.24) is 9.88 Å². The van der Waals surface area contributed by atoms with Gasteiger partial charge in [-0.15, -0.1) is 11.3 Å². The maximum atomic E-state index is 13.4. The summed E-state index contributed by atoms with van der Waals surface area (Å²) in [5.74, 6) is -0.0443. The number of carbonyl (C=O) groups is 1.